The van der Waals surface area contributed by atoms with Crippen molar-refractivity contribution < 1.29 is 19.3 Å². The minimum Gasteiger partial charge on any atom is -0.476 e. The van der Waals surface area contributed by atoms with Gasteiger partial charge in [-0.3, -0.25) is 10.1 Å². The summed E-state index contributed by atoms with van der Waals surface area (Å²) in [7, 11) is 0. The molecule has 0 saturated carbocycles. The highest BCUT2D eigenvalue weighted by Crippen LogP contribution is 2.26. The lowest BCUT2D eigenvalue weighted by Gasteiger charge is -2.01. The number of carboxylic acids is 1. The normalized spacial score (nSPS) is 10.9. The van der Waals surface area contributed by atoms with Gasteiger partial charge in [-0.05, 0) is 12.1 Å². The Bertz CT molecular complexity index is 848. The highest BCUT2D eigenvalue weighted by Gasteiger charge is 2.15. The number of rotatable bonds is 4. The molecule has 2 aromatic heterocycles. The fourth-order valence-electron chi connectivity index (χ4n) is 2.16. The van der Waals surface area contributed by atoms with E-state index in [1.54, 1.807) is 29.0 Å². The maximum atomic E-state index is 11.0. The molecule has 0 amide bonds. The second kappa shape index (κ2) is 4.75. The summed E-state index contributed by atoms with van der Waals surface area (Å²) in [5, 5.41) is 23.7. The van der Waals surface area contributed by atoms with Gasteiger partial charge in [0, 0.05) is 18.3 Å². The van der Waals surface area contributed by atoms with Gasteiger partial charge >= 0.3 is 5.97 Å². The van der Waals surface area contributed by atoms with Gasteiger partial charge in [-0.2, -0.15) is 0 Å². The zero-order valence-corrected chi connectivity index (χ0v) is 10.6. The number of non-ortho nitro benzene ring substituents is 1. The molecule has 0 radical (unpaired) electrons. The number of hydrogen-bond donors (Lipinski definition) is 1. The number of nitro benzene ring substituents is 1. The number of hydrogen-bond acceptors (Lipinski definition) is 5. The Morgan fingerprint density at radius 3 is 2.90 bits per heavy atom. The number of aromatic nitrogens is 2. The van der Waals surface area contributed by atoms with E-state index in [9.17, 15) is 14.9 Å². The molecule has 0 bridgehead atoms. The third kappa shape index (κ3) is 2.22. The second-order valence-electron chi connectivity index (χ2n) is 4.39. The van der Waals surface area contributed by atoms with Gasteiger partial charge in [-0.1, -0.05) is 11.2 Å². The van der Waals surface area contributed by atoms with E-state index >= 15 is 0 Å². The van der Waals surface area contributed by atoms with Crippen molar-refractivity contribution in [2.45, 2.75) is 6.54 Å². The molecule has 0 spiro atoms. The predicted molar refractivity (Wildman–Crippen MR) is 71.2 cm³/mol. The minimum absolute atomic E-state index is 0.0232. The van der Waals surface area contributed by atoms with Gasteiger partial charge in [0.2, 0.25) is 0 Å². The summed E-state index contributed by atoms with van der Waals surface area (Å²) in [6.45, 7) is 0.241. The van der Waals surface area contributed by atoms with E-state index in [0.29, 0.717) is 16.7 Å². The number of benzene rings is 1. The Morgan fingerprint density at radius 2 is 2.24 bits per heavy atom. The van der Waals surface area contributed by atoms with Crippen molar-refractivity contribution in [3.05, 3.63) is 58.1 Å². The van der Waals surface area contributed by atoms with Crippen LogP contribution in [0.5, 0.6) is 0 Å². The van der Waals surface area contributed by atoms with Gasteiger partial charge in [0.15, 0.2) is 11.5 Å². The van der Waals surface area contributed by atoms with Crippen LogP contribution in [0.2, 0.25) is 0 Å². The average Bonchev–Trinajstić information content (AvgIpc) is 3.06. The van der Waals surface area contributed by atoms with Crippen molar-refractivity contribution in [3.63, 3.8) is 0 Å². The topological polar surface area (TPSA) is 111 Å². The van der Waals surface area contributed by atoms with Crippen LogP contribution in [0.3, 0.4) is 0 Å². The van der Waals surface area contributed by atoms with Crippen LogP contribution in [-0.4, -0.2) is 25.7 Å². The first-order chi connectivity index (χ1) is 10.1. The van der Waals surface area contributed by atoms with Crippen molar-refractivity contribution >= 4 is 22.6 Å². The molecule has 0 fully saturated rings. The lowest BCUT2D eigenvalue weighted by molar-refractivity contribution is -0.383. The maximum absolute atomic E-state index is 11.0. The van der Waals surface area contributed by atoms with Gasteiger partial charge in [-0.15, -0.1) is 0 Å². The first kappa shape index (κ1) is 12.9. The molecule has 3 rings (SSSR count). The summed E-state index contributed by atoms with van der Waals surface area (Å²) in [5.74, 6) is -0.811. The predicted octanol–water partition coefficient (Wildman–Crippen LogP) is 2.28. The monoisotopic (exact) mass is 287 g/mol. The van der Waals surface area contributed by atoms with Crippen LogP contribution >= 0.6 is 0 Å². The summed E-state index contributed by atoms with van der Waals surface area (Å²) >= 11 is 0. The smallest absolute Gasteiger partial charge is 0.358 e. The largest absolute Gasteiger partial charge is 0.476 e. The summed E-state index contributed by atoms with van der Waals surface area (Å²) in [4.78, 5) is 21.3. The van der Waals surface area contributed by atoms with E-state index in [-0.39, 0.29) is 17.9 Å². The molecule has 1 N–H and O–H groups in total. The molecule has 8 heteroatoms. The van der Waals surface area contributed by atoms with Crippen molar-refractivity contribution in [1.82, 2.24) is 9.72 Å². The van der Waals surface area contributed by atoms with E-state index in [1.165, 1.54) is 12.1 Å². The number of carbonyl (C=O) groups is 1. The Morgan fingerprint density at radius 1 is 1.43 bits per heavy atom. The van der Waals surface area contributed by atoms with Crippen molar-refractivity contribution in [2.75, 3.05) is 0 Å². The number of nitro groups is 1. The van der Waals surface area contributed by atoms with Gasteiger partial charge in [-0.25, -0.2) is 4.79 Å². The number of nitrogens with zero attached hydrogens (tertiary/aromatic N) is 3. The van der Waals surface area contributed by atoms with Crippen LogP contribution in [0.1, 0.15) is 16.2 Å². The van der Waals surface area contributed by atoms with Crippen LogP contribution in [-0.2, 0) is 6.54 Å². The highest BCUT2D eigenvalue weighted by atomic mass is 16.6. The Balaban J connectivity index is 1.99. The summed E-state index contributed by atoms with van der Waals surface area (Å²) in [5.41, 5.74) is 0.514. The van der Waals surface area contributed by atoms with Crippen LogP contribution in [0.25, 0.3) is 10.9 Å². The molecule has 0 aliphatic carbocycles. The van der Waals surface area contributed by atoms with Crippen LogP contribution in [0, 0.1) is 10.1 Å². The first-order valence-electron chi connectivity index (χ1n) is 5.97. The number of aromatic carboxylic acids is 1. The molecule has 8 nitrogen and oxygen atoms in total. The minimum atomic E-state index is -1.17. The van der Waals surface area contributed by atoms with Gasteiger partial charge in [0.1, 0.15) is 0 Å². The Kier molecular flexibility index (Phi) is 2.90. The Labute approximate surface area is 117 Å². The van der Waals surface area contributed by atoms with Crippen LogP contribution in [0.15, 0.2) is 41.1 Å². The van der Waals surface area contributed by atoms with E-state index < -0.39 is 10.9 Å². The standard InChI is InChI=1S/C13H9N3O5/c17-13(18)10-6-8(21-14-10)7-15-5-4-9-11(15)2-1-3-12(9)16(19)20/h1-6H,7H2,(H,17,18). The fraction of sp³-hybridized carbons (Fsp3) is 0.0769. The quantitative estimate of drug-likeness (QED) is 0.582. The molecule has 0 unspecified atom stereocenters. The molecular formula is C13H9N3O5. The second-order valence-corrected chi connectivity index (χ2v) is 4.39. The maximum Gasteiger partial charge on any atom is 0.358 e. The van der Waals surface area contributed by atoms with E-state index in [0.717, 1.165) is 0 Å². The average molecular weight is 287 g/mol. The highest BCUT2D eigenvalue weighted by molar-refractivity contribution is 5.89. The number of carboxylic acid groups (broad SMARTS) is 1. The lowest BCUT2D eigenvalue weighted by Crippen LogP contribution is -1.97. The van der Waals surface area contributed by atoms with Crippen LogP contribution in [0.4, 0.5) is 5.69 Å². The summed E-state index contributed by atoms with van der Waals surface area (Å²) in [6, 6.07) is 7.74. The van der Waals surface area contributed by atoms with Gasteiger partial charge < -0.3 is 14.2 Å². The first-order valence-corrected chi connectivity index (χ1v) is 5.97. The molecule has 3 aromatic rings. The van der Waals surface area contributed by atoms with Gasteiger partial charge in [0.05, 0.1) is 22.4 Å². The molecule has 0 aliphatic rings. The van der Waals surface area contributed by atoms with E-state index in [4.69, 9.17) is 9.63 Å². The van der Waals surface area contributed by atoms with E-state index in [2.05, 4.69) is 5.16 Å². The lowest BCUT2D eigenvalue weighted by atomic mass is 10.2. The number of fused-ring (bicyclic) bond motifs is 1. The summed E-state index contributed by atoms with van der Waals surface area (Å²) < 4.78 is 6.67. The molecule has 0 atom stereocenters. The van der Waals surface area contributed by atoms with E-state index in [1.807, 2.05) is 0 Å². The molecular weight excluding hydrogens is 278 g/mol. The molecule has 0 saturated heterocycles. The van der Waals surface area contributed by atoms with Crippen molar-refractivity contribution in [1.29, 1.82) is 0 Å². The van der Waals surface area contributed by atoms with Crippen molar-refractivity contribution in [2.24, 2.45) is 0 Å². The third-order valence-corrected chi connectivity index (χ3v) is 3.09. The molecule has 1 aromatic carbocycles. The molecule has 0 aliphatic heterocycles. The summed E-state index contributed by atoms with van der Waals surface area (Å²) in [6.07, 6.45) is 1.68. The SMILES string of the molecule is O=C(O)c1cc(Cn2ccc3c([N+](=O)[O-])cccc32)on1. The zero-order valence-electron chi connectivity index (χ0n) is 10.6. The van der Waals surface area contributed by atoms with Crippen molar-refractivity contribution in [3.8, 4) is 0 Å². The van der Waals surface area contributed by atoms with Gasteiger partial charge in [0.25, 0.3) is 5.69 Å². The molecule has 2 heterocycles. The molecule has 21 heavy (non-hydrogen) atoms. The molecule has 106 valence electrons. The Hall–Kier alpha value is -3.16. The zero-order chi connectivity index (χ0) is 15.0. The van der Waals surface area contributed by atoms with Crippen LogP contribution < -0.4 is 0 Å². The third-order valence-electron chi connectivity index (χ3n) is 3.09. The fourth-order valence-corrected chi connectivity index (χ4v) is 2.16.